The van der Waals surface area contributed by atoms with E-state index < -0.39 is 0 Å². The van der Waals surface area contributed by atoms with Gasteiger partial charge < -0.3 is 9.64 Å². The predicted molar refractivity (Wildman–Crippen MR) is 64.8 cm³/mol. The van der Waals surface area contributed by atoms with Gasteiger partial charge in [-0.1, -0.05) is 24.3 Å². The lowest BCUT2D eigenvalue weighted by Crippen LogP contribution is -2.09. The molecule has 0 aliphatic heterocycles. The first-order valence-corrected chi connectivity index (χ1v) is 4.97. The summed E-state index contributed by atoms with van der Waals surface area (Å²) >= 11 is 0. The van der Waals surface area contributed by atoms with E-state index in [0.29, 0.717) is 0 Å². The number of fused-ring (bicyclic) bond motifs is 1. The molecule has 0 N–H and O–H groups in total. The van der Waals surface area contributed by atoms with Gasteiger partial charge in [-0.05, 0) is 12.1 Å². The Kier molecular flexibility index (Phi) is 2.50. The molecule has 15 heavy (non-hydrogen) atoms. The van der Waals surface area contributed by atoms with Crippen LogP contribution in [-0.4, -0.2) is 21.2 Å². The van der Waals surface area contributed by atoms with Crippen molar-refractivity contribution in [3.8, 4) is 5.75 Å². The highest BCUT2D eigenvalue weighted by Crippen LogP contribution is 2.32. The number of rotatable bonds is 2. The first-order valence-electron chi connectivity index (χ1n) is 4.97. The van der Waals surface area contributed by atoms with Crippen molar-refractivity contribution in [3.05, 3.63) is 36.4 Å². The van der Waals surface area contributed by atoms with Crippen LogP contribution in [0.1, 0.15) is 0 Å². The van der Waals surface area contributed by atoms with Crippen molar-refractivity contribution in [3.63, 3.8) is 0 Å². The number of anilines is 1. The van der Waals surface area contributed by atoms with Crippen molar-refractivity contribution in [2.24, 2.45) is 0 Å². The second-order valence-electron chi connectivity index (χ2n) is 3.73. The molecule has 0 saturated heterocycles. The molecule has 2 heteroatoms. The maximum Gasteiger partial charge on any atom is 0.126 e. The molecule has 0 bridgehead atoms. The fourth-order valence-corrected chi connectivity index (χ4v) is 1.82. The lowest BCUT2D eigenvalue weighted by atomic mass is 10.1. The summed E-state index contributed by atoms with van der Waals surface area (Å²) in [6.07, 6.45) is 0. The third-order valence-corrected chi connectivity index (χ3v) is 2.56. The van der Waals surface area contributed by atoms with E-state index in [9.17, 15) is 0 Å². The van der Waals surface area contributed by atoms with Crippen LogP contribution in [0.4, 0.5) is 5.69 Å². The molecule has 0 aliphatic carbocycles. The van der Waals surface area contributed by atoms with Crippen molar-refractivity contribution in [1.82, 2.24) is 0 Å². The third-order valence-electron chi connectivity index (χ3n) is 2.56. The van der Waals surface area contributed by atoms with E-state index in [1.807, 2.05) is 26.2 Å². The molecule has 0 unspecified atom stereocenters. The second-order valence-corrected chi connectivity index (χ2v) is 3.73. The van der Waals surface area contributed by atoms with Gasteiger partial charge in [-0.25, -0.2) is 0 Å². The monoisotopic (exact) mass is 201 g/mol. The third kappa shape index (κ3) is 1.63. The van der Waals surface area contributed by atoms with E-state index in [0.717, 1.165) is 11.1 Å². The Bertz CT molecular complexity index is 477. The number of hydrogen-bond acceptors (Lipinski definition) is 2. The van der Waals surface area contributed by atoms with Gasteiger partial charge in [0.25, 0.3) is 0 Å². The summed E-state index contributed by atoms with van der Waals surface area (Å²) in [6.45, 7) is 0. The fraction of sp³-hybridized carbons (Fsp3) is 0.231. The van der Waals surface area contributed by atoms with Crippen molar-refractivity contribution in [2.45, 2.75) is 0 Å². The summed E-state index contributed by atoms with van der Waals surface area (Å²) in [5.74, 6) is 0.927. The van der Waals surface area contributed by atoms with Crippen molar-refractivity contribution < 1.29 is 4.74 Å². The smallest absolute Gasteiger partial charge is 0.126 e. The number of hydrogen-bond donors (Lipinski definition) is 0. The van der Waals surface area contributed by atoms with Gasteiger partial charge >= 0.3 is 0 Å². The van der Waals surface area contributed by atoms with Gasteiger partial charge in [0.2, 0.25) is 0 Å². The first kappa shape index (κ1) is 9.84. The quantitative estimate of drug-likeness (QED) is 0.740. The number of ether oxygens (including phenoxy) is 1. The second kappa shape index (κ2) is 3.81. The Morgan fingerprint density at radius 3 is 2.20 bits per heavy atom. The maximum absolute atomic E-state index is 5.34. The van der Waals surface area contributed by atoms with Gasteiger partial charge in [-0.15, -0.1) is 0 Å². The Morgan fingerprint density at radius 1 is 0.933 bits per heavy atom. The van der Waals surface area contributed by atoms with Crippen molar-refractivity contribution in [2.75, 3.05) is 26.1 Å². The minimum Gasteiger partial charge on any atom is -0.496 e. The van der Waals surface area contributed by atoms with Crippen LogP contribution in [-0.2, 0) is 0 Å². The average molecular weight is 201 g/mol. The minimum atomic E-state index is 0.927. The lowest BCUT2D eigenvalue weighted by Gasteiger charge is -2.16. The molecule has 2 aromatic carbocycles. The Balaban J connectivity index is 2.77. The van der Waals surface area contributed by atoms with Crippen LogP contribution in [0.3, 0.4) is 0 Å². The molecular formula is C13H15NO. The maximum atomic E-state index is 5.34. The summed E-state index contributed by atoms with van der Waals surface area (Å²) < 4.78 is 5.34. The van der Waals surface area contributed by atoms with Gasteiger partial charge in [0.15, 0.2) is 0 Å². The fourth-order valence-electron chi connectivity index (χ4n) is 1.82. The molecule has 2 rings (SSSR count). The summed E-state index contributed by atoms with van der Waals surface area (Å²) in [5.41, 5.74) is 1.21. The molecule has 0 heterocycles. The molecule has 0 aromatic heterocycles. The largest absolute Gasteiger partial charge is 0.496 e. The summed E-state index contributed by atoms with van der Waals surface area (Å²) in [7, 11) is 5.81. The molecule has 78 valence electrons. The first-order chi connectivity index (χ1) is 7.24. The predicted octanol–water partition coefficient (Wildman–Crippen LogP) is 2.91. The highest BCUT2D eigenvalue weighted by Gasteiger charge is 2.06. The molecule has 0 atom stereocenters. The number of benzene rings is 2. The highest BCUT2D eigenvalue weighted by molar-refractivity contribution is 5.98. The molecule has 2 nitrogen and oxygen atoms in total. The molecular weight excluding hydrogens is 186 g/mol. The molecule has 0 radical (unpaired) electrons. The van der Waals surface area contributed by atoms with E-state index in [2.05, 4.69) is 29.2 Å². The lowest BCUT2D eigenvalue weighted by molar-refractivity contribution is 0.420. The standard InChI is InChI=1S/C13H15NO/c1-14(2)12-8-9-13(15-3)11-7-5-4-6-10(11)12/h4-9H,1-3H3. The van der Waals surface area contributed by atoms with Crippen molar-refractivity contribution in [1.29, 1.82) is 0 Å². The summed E-state index contributed by atoms with van der Waals surface area (Å²) in [5, 5.41) is 2.38. The molecule has 0 fully saturated rings. The van der Waals surface area contributed by atoms with Gasteiger partial charge in [0.1, 0.15) is 5.75 Å². The highest BCUT2D eigenvalue weighted by atomic mass is 16.5. The number of methoxy groups -OCH3 is 1. The molecule has 0 spiro atoms. The van der Waals surface area contributed by atoms with E-state index in [1.165, 1.54) is 11.1 Å². The SMILES string of the molecule is COc1ccc(N(C)C)c2ccccc12. The zero-order chi connectivity index (χ0) is 10.8. The topological polar surface area (TPSA) is 12.5 Å². The van der Waals surface area contributed by atoms with Crippen LogP contribution in [0.15, 0.2) is 36.4 Å². The average Bonchev–Trinajstić information content (AvgIpc) is 2.27. The Labute approximate surface area is 90.1 Å². The molecule has 0 amide bonds. The Hall–Kier alpha value is -1.70. The van der Waals surface area contributed by atoms with Crippen molar-refractivity contribution >= 4 is 16.5 Å². The molecule has 2 aromatic rings. The number of nitrogens with zero attached hydrogens (tertiary/aromatic N) is 1. The molecule has 0 saturated carbocycles. The summed E-state index contributed by atoms with van der Waals surface area (Å²) in [4.78, 5) is 2.11. The minimum absolute atomic E-state index is 0.927. The van der Waals surface area contributed by atoms with E-state index in [-0.39, 0.29) is 0 Å². The van der Waals surface area contributed by atoms with Crippen LogP contribution in [0.2, 0.25) is 0 Å². The summed E-state index contributed by atoms with van der Waals surface area (Å²) in [6, 6.07) is 12.4. The van der Waals surface area contributed by atoms with Crippen LogP contribution in [0, 0.1) is 0 Å². The van der Waals surface area contributed by atoms with E-state index >= 15 is 0 Å². The normalized spacial score (nSPS) is 10.3. The van der Waals surface area contributed by atoms with Gasteiger partial charge in [-0.3, -0.25) is 0 Å². The van der Waals surface area contributed by atoms with E-state index in [4.69, 9.17) is 4.74 Å². The van der Waals surface area contributed by atoms with Gasteiger partial charge in [0, 0.05) is 30.6 Å². The van der Waals surface area contributed by atoms with E-state index in [1.54, 1.807) is 7.11 Å². The van der Waals surface area contributed by atoms with Crippen LogP contribution >= 0.6 is 0 Å². The van der Waals surface area contributed by atoms with Gasteiger partial charge in [-0.2, -0.15) is 0 Å². The van der Waals surface area contributed by atoms with Gasteiger partial charge in [0.05, 0.1) is 7.11 Å². The zero-order valence-electron chi connectivity index (χ0n) is 9.32. The Morgan fingerprint density at radius 2 is 1.60 bits per heavy atom. The van der Waals surface area contributed by atoms with Crippen LogP contribution in [0.5, 0.6) is 5.75 Å². The molecule has 0 aliphatic rings. The zero-order valence-corrected chi connectivity index (χ0v) is 9.32. The van der Waals surface area contributed by atoms with Crippen LogP contribution in [0.25, 0.3) is 10.8 Å². The van der Waals surface area contributed by atoms with Crippen LogP contribution < -0.4 is 9.64 Å².